The van der Waals surface area contributed by atoms with E-state index in [1.54, 1.807) is 18.2 Å². The molecule has 0 aliphatic carbocycles. The minimum absolute atomic E-state index is 0.0911. The van der Waals surface area contributed by atoms with E-state index in [9.17, 15) is 21.9 Å². The van der Waals surface area contributed by atoms with Gasteiger partial charge in [-0.15, -0.1) is 0 Å². The molecule has 0 unspecified atom stereocenters. The van der Waals surface area contributed by atoms with Crippen molar-refractivity contribution in [1.29, 1.82) is 0 Å². The predicted octanol–water partition coefficient (Wildman–Crippen LogP) is 1.53. The van der Waals surface area contributed by atoms with Gasteiger partial charge in [-0.1, -0.05) is 6.07 Å². The molecule has 3 N–H and O–H groups in total. The number of unbranched alkanes of at least 4 members (excludes halogenated alkanes) is 2. The lowest BCUT2D eigenvalue weighted by Crippen LogP contribution is -2.26. The Morgan fingerprint density at radius 2 is 1.33 bits per heavy atom. The van der Waals surface area contributed by atoms with E-state index < -0.39 is 20.2 Å². The molecule has 0 aliphatic rings. The van der Waals surface area contributed by atoms with Gasteiger partial charge in [-0.25, -0.2) is 0 Å². The molecule has 0 atom stereocenters. The number of hydrogen-bond acceptors (Lipinski definition) is 6. The van der Waals surface area contributed by atoms with Crippen LogP contribution in [0.2, 0.25) is 0 Å². The maximum absolute atomic E-state index is 10.7. The van der Waals surface area contributed by atoms with Crippen molar-refractivity contribution in [2.75, 3.05) is 29.5 Å². The number of benzene rings is 1. The normalized spacial score (nSPS) is 12.2. The molecule has 8 nitrogen and oxygen atoms in total. The predicted molar refractivity (Wildman–Crippen MR) is 91.6 cm³/mol. The molecule has 24 heavy (non-hydrogen) atoms. The monoisotopic (exact) mass is 381 g/mol. The largest absolute Gasteiger partial charge is 0.508 e. The van der Waals surface area contributed by atoms with Crippen molar-refractivity contribution in [2.24, 2.45) is 0 Å². The summed E-state index contributed by atoms with van der Waals surface area (Å²) in [5.74, 6) is -0.541. The summed E-state index contributed by atoms with van der Waals surface area (Å²) in [5.41, 5.74) is 0.730. The van der Waals surface area contributed by atoms with Crippen LogP contribution in [-0.4, -0.2) is 55.6 Å². The molecule has 0 saturated heterocycles. The van der Waals surface area contributed by atoms with Gasteiger partial charge >= 0.3 is 0 Å². The third kappa shape index (κ3) is 9.71. The van der Waals surface area contributed by atoms with Crippen molar-refractivity contribution in [2.45, 2.75) is 25.7 Å². The molecule has 0 bridgehead atoms. The van der Waals surface area contributed by atoms with Crippen molar-refractivity contribution in [3.8, 4) is 5.75 Å². The van der Waals surface area contributed by atoms with Gasteiger partial charge < -0.3 is 10.0 Å². The third-order valence-corrected chi connectivity index (χ3v) is 4.96. The highest BCUT2D eigenvalue weighted by atomic mass is 32.2. The quantitative estimate of drug-likeness (QED) is 0.388. The van der Waals surface area contributed by atoms with Crippen LogP contribution >= 0.6 is 0 Å². The number of hydrogen-bond donors (Lipinski definition) is 3. The number of aromatic hydroxyl groups is 1. The third-order valence-electron chi connectivity index (χ3n) is 3.36. The van der Waals surface area contributed by atoms with Crippen LogP contribution in [0.25, 0.3) is 0 Å². The van der Waals surface area contributed by atoms with Crippen LogP contribution in [-0.2, 0) is 20.2 Å². The summed E-state index contributed by atoms with van der Waals surface area (Å²) in [6.07, 6.45) is 1.60. The Hall–Kier alpha value is -1.36. The van der Waals surface area contributed by atoms with Crippen molar-refractivity contribution in [3.63, 3.8) is 0 Å². The zero-order valence-electron chi connectivity index (χ0n) is 13.2. The van der Waals surface area contributed by atoms with Gasteiger partial charge in [0.25, 0.3) is 20.2 Å². The van der Waals surface area contributed by atoms with E-state index in [2.05, 4.69) is 0 Å². The van der Waals surface area contributed by atoms with Crippen molar-refractivity contribution < 1.29 is 31.0 Å². The molecule has 138 valence electrons. The first-order valence-electron chi connectivity index (χ1n) is 7.51. The van der Waals surface area contributed by atoms with E-state index >= 15 is 0 Å². The molecule has 10 heteroatoms. The van der Waals surface area contributed by atoms with Crippen LogP contribution in [0.3, 0.4) is 0 Å². The Kier molecular flexibility index (Phi) is 7.94. The lowest BCUT2D eigenvalue weighted by molar-refractivity contribution is 0.475. The second kappa shape index (κ2) is 9.21. The van der Waals surface area contributed by atoms with Crippen LogP contribution in [0.5, 0.6) is 5.75 Å². The highest BCUT2D eigenvalue weighted by Crippen LogP contribution is 2.21. The van der Waals surface area contributed by atoms with Gasteiger partial charge in [-0.05, 0) is 37.8 Å². The fourth-order valence-electron chi connectivity index (χ4n) is 2.23. The molecular formula is C14H23NO7S2. The van der Waals surface area contributed by atoms with Crippen molar-refractivity contribution in [3.05, 3.63) is 24.3 Å². The number of phenolic OH excluding ortho intramolecular Hbond substituents is 1. The molecule has 1 aromatic rings. The number of rotatable bonds is 11. The van der Waals surface area contributed by atoms with Gasteiger partial charge in [0.2, 0.25) is 0 Å². The fraction of sp³-hybridized carbons (Fsp3) is 0.571. The van der Waals surface area contributed by atoms with E-state index in [0.29, 0.717) is 38.8 Å². The summed E-state index contributed by atoms with van der Waals surface area (Å²) < 4.78 is 60.4. The second-order valence-electron chi connectivity index (χ2n) is 5.49. The molecule has 0 saturated carbocycles. The van der Waals surface area contributed by atoms with E-state index in [-0.39, 0.29) is 17.3 Å². The fourth-order valence-corrected chi connectivity index (χ4v) is 3.37. The first-order chi connectivity index (χ1) is 11.1. The Morgan fingerprint density at radius 3 is 1.75 bits per heavy atom. The average Bonchev–Trinajstić information content (AvgIpc) is 2.43. The molecule has 1 rings (SSSR count). The van der Waals surface area contributed by atoms with Crippen LogP contribution in [0.4, 0.5) is 5.69 Å². The topological polar surface area (TPSA) is 132 Å². The standard InChI is InChI=1S/C14H23NO7S2/c16-14-7-5-6-13(12-14)15(8-1-3-10-23(17,18)19)9-2-4-11-24(20,21)22/h5-7,12,16H,1-4,8-11H2,(H,17,18,19)(H,20,21,22). The molecule has 0 aromatic heterocycles. The molecule has 0 radical (unpaired) electrons. The molecular weight excluding hydrogens is 358 g/mol. The van der Waals surface area contributed by atoms with Gasteiger partial charge in [0, 0.05) is 24.8 Å². The van der Waals surface area contributed by atoms with E-state index in [4.69, 9.17) is 9.11 Å². The van der Waals surface area contributed by atoms with Gasteiger partial charge in [-0.2, -0.15) is 16.8 Å². The van der Waals surface area contributed by atoms with E-state index in [1.807, 2.05) is 4.90 Å². The maximum Gasteiger partial charge on any atom is 0.264 e. The first kappa shape index (κ1) is 20.7. The number of phenols is 1. The summed E-state index contributed by atoms with van der Waals surface area (Å²) in [5, 5.41) is 9.57. The summed E-state index contributed by atoms with van der Waals surface area (Å²) in [4.78, 5) is 1.90. The van der Waals surface area contributed by atoms with E-state index in [1.165, 1.54) is 6.07 Å². The Balaban J connectivity index is 2.59. The number of anilines is 1. The Labute approximate surface area is 142 Å². The van der Waals surface area contributed by atoms with Gasteiger partial charge in [0.05, 0.1) is 11.5 Å². The van der Waals surface area contributed by atoms with Crippen LogP contribution < -0.4 is 4.90 Å². The van der Waals surface area contributed by atoms with Gasteiger partial charge in [-0.3, -0.25) is 9.11 Å². The number of nitrogens with zero attached hydrogens (tertiary/aromatic N) is 1. The zero-order chi connectivity index (χ0) is 18.2. The highest BCUT2D eigenvalue weighted by molar-refractivity contribution is 7.86. The summed E-state index contributed by atoms with van der Waals surface area (Å²) in [7, 11) is -7.97. The Bertz CT molecular complexity index is 676. The second-order valence-corrected chi connectivity index (χ2v) is 8.64. The van der Waals surface area contributed by atoms with Crippen LogP contribution in [0.15, 0.2) is 24.3 Å². The van der Waals surface area contributed by atoms with Gasteiger partial charge in [0.1, 0.15) is 5.75 Å². The summed E-state index contributed by atoms with van der Waals surface area (Å²) in [6, 6.07) is 6.54. The summed E-state index contributed by atoms with van der Waals surface area (Å²) in [6.45, 7) is 0.982. The molecule has 1 aromatic carbocycles. The maximum atomic E-state index is 10.7. The van der Waals surface area contributed by atoms with Crippen molar-refractivity contribution in [1.82, 2.24) is 0 Å². The summed E-state index contributed by atoms with van der Waals surface area (Å²) >= 11 is 0. The van der Waals surface area contributed by atoms with E-state index in [0.717, 1.165) is 5.69 Å². The smallest absolute Gasteiger partial charge is 0.264 e. The van der Waals surface area contributed by atoms with Gasteiger partial charge in [0.15, 0.2) is 0 Å². The molecule has 0 aliphatic heterocycles. The van der Waals surface area contributed by atoms with Crippen molar-refractivity contribution >= 4 is 25.9 Å². The molecule has 0 amide bonds. The minimum atomic E-state index is -3.98. The molecule has 0 spiro atoms. The lowest BCUT2D eigenvalue weighted by Gasteiger charge is -2.25. The average molecular weight is 381 g/mol. The highest BCUT2D eigenvalue weighted by Gasteiger charge is 2.10. The SMILES string of the molecule is O=S(=O)(O)CCCCN(CCCCS(=O)(=O)O)c1cccc(O)c1. The van der Waals surface area contributed by atoms with Crippen LogP contribution in [0.1, 0.15) is 25.7 Å². The zero-order valence-corrected chi connectivity index (χ0v) is 14.8. The molecule has 0 heterocycles. The minimum Gasteiger partial charge on any atom is -0.508 e. The lowest BCUT2D eigenvalue weighted by atomic mass is 10.2. The van der Waals surface area contributed by atoms with Crippen LogP contribution in [0, 0.1) is 0 Å². The molecule has 0 fully saturated rings. The first-order valence-corrected chi connectivity index (χ1v) is 10.7. The Morgan fingerprint density at radius 1 is 0.833 bits per heavy atom.